The molecule has 0 spiro atoms. The molecule has 2 nitrogen and oxygen atoms in total. The molecule has 0 saturated carbocycles. The van der Waals surface area contributed by atoms with E-state index in [1.54, 1.807) is 6.26 Å². The van der Waals surface area contributed by atoms with Crippen molar-refractivity contribution in [2.24, 2.45) is 0 Å². The maximum atomic E-state index is 10.8. The molecule has 12 heavy (non-hydrogen) atoms. The van der Waals surface area contributed by atoms with E-state index in [2.05, 4.69) is 18.8 Å². The Hall–Kier alpha value is -0.150. The molecule has 72 valence electrons. The van der Waals surface area contributed by atoms with Gasteiger partial charge in [-0.3, -0.25) is 4.21 Å². The first-order chi connectivity index (χ1) is 5.52. The average molecular weight is 189 g/mol. The lowest BCUT2D eigenvalue weighted by atomic mass is 10.2. The molecule has 0 fully saturated rings. The van der Waals surface area contributed by atoms with Crippen molar-refractivity contribution in [3.8, 4) is 0 Å². The molecule has 1 N–H and O–H groups in total. The van der Waals surface area contributed by atoms with Crippen molar-refractivity contribution in [3.05, 3.63) is 12.2 Å². The lowest BCUT2D eigenvalue weighted by molar-refractivity contribution is 0.560. The molecule has 2 unspecified atom stereocenters. The Labute approximate surface area is 77.9 Å². The first kappa shape index (κ1) is 11.8. The van der Waals surface area contributed by atoms with E-state index in [1.807, 2.05) is 6.92 Å². The zero-order valence-corrected chi connectivity index (χ0v) is 9.04. The predicted octanol–water partition coefficient (Wildman–Crippen LogP) is 1.31. The second kappa shape index (κ2) is 6.38. The van der Waals surface area contributed by atoms with Crippen molar-refractivity contribution in [1.82, 2.24) is 5.32 Å². The van der Waals surface area contributed by atoms with E-state index in [-0.39, 0.29) is 0 Å². The Morgan fingerprint density at radius 1 is 1.67 bits per heavy atom. The van der Waals surface area contributed by atoms with Gasteiger partial charge in [-0.2, -0.15) is 0 Å². The van der Waals surface area contributed by atoms with Crippen LogP contribution in [0.5, 0.6) is 0 Å². The first-order valence-electron chi connectivity index (χ1n) is 4.20. The van der Waals surface area contributed by atoms with Crippen molar-refractivity contribution in [3.63, 3.8) is 0 Å². The monoisotopic (exact) mass is 189 g/mol. The summed E-state index contributed by atoms with van der Waals surface area (Å²) < 4.78 is 10.8. The van der Waals surface area contributed by atoms with Crippen molar-refractivity contribution in [1.29, 1.82) is 0 Å². The minimum atomic E-state index is -0.663. The Kier molecular flexibility index (Phi) is 6.30. The molecule has 0 aliphatic carbocycles. The van der Waals surface area contributed by atoms with Crippen LogP contribution in [0.15, 0.2) is 12.2 Å². The quantitative estimate of drug-likeness (QED) is 0.638. The largest absolute Gasteiger partial charge is 0.311 e. The molecular weight excluding hydrogens is 170 g/mol. The molecule has 2 atom stereocenters. The second-order valence-electron chi connectivity index (χ2n) is 3.31. The molecule has 0 rings (SSSR count). The van der Waals surface area contributed by atoms with Crippen LogP contribution in [-0.4, -0.2) is 28.8 Å². The van der Waals surface area contributed by atoms with Crippen molar-refractivity contribution in [2.75, 3.05) is 18.6 Å². The fourth-order valence-electron chi connectivity index (χ4n) is 0.793. The van der Waals surface area contributed by atoms with E-state index in [0.717, 1.165) is 24.3 Å². The fraction of sp³-hybridized carbons (Fsp3) is 0.778. The van der Waals surface area contributed by atoms with Crippen LogP contribution in [0.3, 0.4) is 0 Å². The minimum Gasteiger partial charge on any atom is -0.311 e. The summed E-state index contributed by atoms with van der Waals surface area (Å²) in [6, 6.07) is 0.436. The van der Waals surface area contributed by atoms with E-state index in [1.165, 1.54) is 0 Å². The van der Waals surface area contributed by atoms with Crippen LogP contribution in [-0.2, 0) is 10.8 Å². The summed E-state index contributed by atoms with van der Waals surface area (Å²) in [6.45, 7) is 8.76. The van der Waals surface area contributed by atoms with Gasteiger partial charge in [-0.15, -0.1) is 0 Å². The number of nitrogens with one attached hydrogen (secondary N) is 1. The lowest BCUT2D eigenvalue weighted by Gasteiger charge is -2.12. The third kappa shape index (κ3) is 7.95. The molecule has 0 saturated heterocycles. The van der Waals surface area contributed by atoms with E-state index in [4.69, 9.17) is 0 Å². The van der Waals surface area contributed by atoms with Gasteiger partial charge in [0.15, 0.2) is 0 Å². The molecule has 0 heterocycles. The van der Waals surface area contributed by atoms with Crippen LogP contribution in [0.2, 0.25) is 0 Å². The second-order valence-corrected chi connectivity index (χ2v) is 4.86. The zero-order valence-electron chi connectivity index (χ0n) is 8.22. The molecule has 0 aromatic heterocycles. The van der Waals surface area contributed by atoms with Crippen LogP contribution >= 0.6 is 0 Å². The Bertz CT molecular complexity index is 150. The summed E-state index contributed by atoms with van der Waals surface area (Å²) in [6.07, 6.45) is 2.71. The lowest BCUT2D eigenvalue weighted by Crippen LogP contribution is -2.28. The smallest absolute Gasteiger partial charge is 0.0246 e. The zero-order chi connectivity index (χ0) is 9.56. The number of hydrogen-bond donors (Lipinski definition) is 1. The highest BCUT2D eigenvalue weighted by Gasteiger charge is 2.01. The van der Waals surface area contributed by atoms with E-state index < -0.39 is 10.8 Å². The van der Waals surface area contributed by atoms with Crippen LogP contribution < -0.4 is 5.32 Å². The molecule has 0 amide bonds. The van der Waals surface area contributed by atoms with Crippen molar-refractivity contribution in [2.45, 2.75) is 26.3 Å². The van der Waals surface area contributed by atoms with Gasteiger partial charge in [0.25, 0.3) is 0 Å². The van der Waals surface area contributed by atoms with Gasteiger partial charge in [-0.05, 0) is 20.3 Å². The third-order valence-electron chi connectivity index (χ3n) is 1.59. The van der Waals surface area contributed by atoms with E-state index in [9.17, 15) is 4.21 Å². The third-order valence-corrected chi connectivity index (χ3v) is 2.40. The molecule has 0 aliphatic rings. The maximum Gasteiger partial charge on any atom is 0.0246 e. The summed E-state index contributed by atoms with van der Waals surface area (Å²) in [5.41, 5.74) is 1.14. The molecular formula is C9H19NOS. The molecule has 0 aromatic rings. The highest BCUT2D eigenvalue weighted by atomic mass is 32.2. The van der Waals surface area contributed by atoms with Gasteiger partial charge < -0.3 is 5.32 Å². The van der Waals surface area contributed by atoms with Gasteiger partial charge in [0.05, 0.1) is 0 Å². The van der Waals surface area contributed by atoms with Gasteiger partial charge in [0.2, 0.25) is 0 Å². The Balaban J connectivity index is 3.39. The van der Waals surface area contributed by atoms with E-state index in [0.29, 0.717) is 6.04 Å². The maximum absolute atomic E-state index is 10.8. The standard InChI is InChI=1S/C9H19NOS/c1-8(2)7-10-9(3)5-6-12(4)11/h9-10H,1,5-7H2,2-4H3. The Morgan fingerprint density at radius 3 is 2.67 bits per heavy atom. The van der Waals surface area contributed by atoms with Gasteiger partial charge in [-0.1, -0.05) is 12.2 Å². The summed E-state index contributed by atoms with van der Waals surface area (Å²) in [5.74, 6) is 0.782. The minimum absolute atomic E-state index is 0.436. The van der Waals surface area contributed by atoms with Crippen molar-refractivity contribution < 1.29 is 4.21 Å². The van der Waals surface area contributed by atoms with Crippen LogP contribution in [0.1, 0.15) is 20.3 Å². The normalized spacial score (nSPS) is 15.6. The summed E-state index contributed by atoms with van der Waals surface area (Å²) in [5, 5.41) is 3.30. The molecule has 0 aromatic carbocycles. The highest BCUT2D eigenvalue weighted by molar-refractivity contribution is 7.84. The molecule has 3 heteroatoms. The number of rotatable bonds is 6. The highest BCUT2D eigenvalue weighted by Crippen LogP contribution is 1.93. The summed E-state index contributed by atoms with van der Waals surface area (Å²) >= 11 is 0. The SMILES string of the molecule is C=C(C)CNC(C)CCS(C)=O. The fourth-order valence-corrected chi connectivity index (χ4v) is 1.48. The summed E-state index contributed by atoms with van der Waals surface area (Å²) in [4.78, 5) is 0. The summed E-state index contributed by atoms with van der Waals surface area (Å²) in [7, 11) is -0.663. The van der Waals surface area contributed by atoms with E-state index >= 15 is 0 Å². The van der Waals surface area contributed by atoms with Gasteiger partial charge in [0, 0.05) is 35.4 Å². The Morgan fingerprint density at radius 2 is 2.25 bits per heavy atom. The number of hydrogen-bond acceptors (Lipinski definition) is 2. The first-order valence-corrected chi connectivity index (χ1v) is 5.93. The van der Waals surface area contributed by atoms with Crippen molar-refractivity contribution >= 4 is 10.8 Å². The molecule has 0 aliphatic heterocycles. The molecule has 0 radical (unpaired) electrons. The van der Waals surface area contributed by atoms with Crippen LogP contribution in [0.25, 0.3) is 0 Å². The topological polar surface area (TPSA) is 29.1 Å². The van der Waals surface area contributed by atoms with Gasteiger partial charge >= 0.3 is 0 Å². The van der Waals surface area contributed by atoms with Gasteiger partial charge in [0.1, 0.15) is 0 Å². The van der Waals surface area contributed by atoms with Crippen LogP contribution in [0, 0.1) is 0 Å². The average Bonchev–Trinajstić information content (AvgIpc) is 1.96. The van der Waals surface area contributed by atoms with Crippen LogP contribution in [0.4, 0.5) is 0 Å². The predicted molar refractivity (Wildman–Crippen MR) is 55.8 cm³/mol. The van der Waals surface area contributed by atoms with Gasteiger partial charge in [-0.25, -0.2) is 0 Å². The molecule has 0 bridgehead atoms.